The van der Waals surface area contributed by atoms with Gasteiger partial charge in [-0.05, 0) is 75.5 Å². The zero-order valence-corrected chi connectivity index (χ0v) is 27.6. The van der Waals surface area contributed by atoms with Gasteiger partial charge in [-0.25, -0.2) is 9.97 Å². The van der Waals surface area contributed by atoms with E-state index in [1.807, 2.05) is 42.5 Å². The van der Waals surface area contributed by atoms with Gasteiger partial charge in [0.2, 0.25) is 0 Å². The number of rotatable bonds is 6. The van der Waals surface area contributed by atoms with Crippen molar-refractivity contribution < 1.29 is 5.11 Å². The highest BCUT2D eigenvalue weighted by atomic mass is 16.3. The number of phenolic OH excluding ortho intramolecular Hbond substituents is 1. The van der Waals surface area contributed by atoms with Crippen LogP contribution < -0.4 is 0 Å². The Kier molecular flexibility index (Phi) is 7.29. The molecule has 0 aliphatic carbocycles. The van der Waals surface area contributed by atoms with Gasteiger partial charge >= 0.3 is 0 Å². The van der Waals surface area contributed by atoms with Gasteiger partial charge in [0.15, 0.2) is 0 Å². The first-order chi connectivity index (χ1) is 23.4. The van der Waals surface area contributed by atoms with Crippen molar-refractivity contribution in [1.82, 2.24) is 14.5 Å². The van der Waals surface area contributed by atoms with Gasteiger partial charge in [0.05, 0.1) is 22.4 Å². The minimum Gasteiger partial charge on any atom is -0.507 e. The molecule has 0 aliphatic rings. The highest BCUT2D eigenvalue weighted by molar-refractivity contribution is 6.04. The molecule has 0 unspecified atom stereocenters. The zero-order valence-electron chi connectivity index (χ0n) is 27.6. The molecular formula is C44H37N3O. The van der Waals surface area contributed by atoms with Gasteiger partial charge < -0.3 is 5.11 Å². The molecule has 2 aromatic heterocycles. The van der Waals surface area contributed by atoms with E-state index in [1.54, 1.807) is 0 Å². The second-order valence-corrected chi connectivity index (χ2v) is 13.3. The van der Waals surface area contributed by atoms with Crippen LogP contribution in [0.3, 0.4) is 0 Å². The van der Waals surface area contributed by atoms with Crippen molar-refractivity contribution in [1.29, 1.82) is 0 Å². The summed E-state index contributed by atoms with van der Waals surface area (Å²) in [6.45, 7) is 9.01. The minimum absolute atomic E-state index is 0.210. The Labute approximate surface area is 281 Å². The third kappa shape index (κ3) is 5.10. The fraction of sp³-hybridized carbons (Fsp3) is 0.136. The summed E-state index contributed by atoms with van der Waals surface area (Å²) in [6.07, 6.45) is 0. The predicted molar refractivity (Wildman–Crippen MR) is 200 cm³/mol. The molecule has 8 aromatic rings. The molecule has 8 rings (SSSR count). The van der Waals surface area contributed by atoms with Gasteiger partial charge in [0, 0.05) is 27.8 Å². The van der Waals surface area contributed by atoms with Crippen LogP contribution in [0, 0.1) is 0 Å². The Hall–Kier alpha value is -5.74. The number of fused-ring (bicyclic) bond motifs is 3. The van der Waals surface area contributed by atoms with Crippen molar-refractivity contribution in [2.24, 2.45) is 0 Å². The molecule has 48 heavy (non-hydrogen) atoms. The first-order valence-corrected chi connectivity index (χ1v) is 16.7. The minimum atomic E-state index is 0.210. The van der Waals surface area contributed by atoms with Crippen molar-refractivity contribution in [2.45, 2.75) is 39.5 Å². The second kappa shape index (κ2) is 11.8. The van der Waals surface area contributed by atoms with Gasteiger partial charge in [-0.3, -0.25) is 4.57 Å². The first-order valence-electron chi connectivity index (χ1n) is 16.7. The molecular weight excluding hydrogens is 587 g/mol. The van der Waals surface area contributed by atoms with Crippen LogP contribution in [0.1, 0.15) is 50.7 Å². The fourth-order valence-corrected chi connectivity index (χ4v) is 6.76. The summed E-state index contributed by atoms with van der Waals surface area (Å²) < 4.78 is 2.31. The Balaban J connectivity index is 1.42. The van der Waals surface area contributed by atoms with Crippen LogP contribution in [-0.4, -0.2) is 19.6 Å². The van der Waals surface area contributed by atoms with Crippen LogP contribution in [-0.2, 0) is 0 Å². The molecule has 0 spiro atoms. The summed E-state index contributed by atoms with van der Waals surface area (Å²) in [5, 5.41) is 15.4. The number of aromatic hydroxyl groups is 1. The van der Waals surface area contributed by atoms with Crippen molar-refractivity contribution >= 4 is 32.6 Å². The van der Waals surface area contributed by atoms with Crippen LogP contribution in [0.2, 0.25) is 0 Å². The van der Waals surface area contributed by atoms with Gasteiger partial charge in [-0.2, -0.15) is 0 Å². The van der Waals surface area contributed by atoms with Gasteiger partial charge in [0.25, 0.3) is 0 Å². The summed E-state index contributed by atoms with van der Waals surface area (Å²) in [7, 11) is 0. The number of hydrogen-bond donors (Lipinski definition) is 1. The van der Waals surface area contributed by atoms with Crippen molar-refractivity contribution in [3.63, 3.8) is 0 Å². The molecule has 0 fully saturated rings. The number of benzene rings is 6. The number of imidazole rings is 1. The number of para-hydroxylation sites is 1. The summed E-state index contributed by atoms with van der Waals surface area (Å²) in [4.78, 5) is 10.7. The summed E-state index contributed by atoms with van der Waals surface area (Å²) in [6, 6.07) is 46.2. The van der Waals surface area contributed by atoms with Crippen molar-refractivity contribution in [2.75, 3.05) is 0 Å². The molecule has 2 heterocycles. The molecule has 234 valence electrons. The molecule has 0 saturated carbocycles. The smallest absolute Gasteiger partial charge is 0.145 e. The molecule has 1 N–H and O–H groups in total. The fourth-order valence-electron chi connectivity index (χ4n) is 6.76. The molecule has 4 heteroatoms. The topological polar surface area (TPSA) is 50.9 Å². The average Bonchev–Trinajstić information content (AvgIpc) is 3.51. The SMILES string of the molecule is CC(C)c1cc(C(C)C)cc(-n2c(-c3ccccc3)nc3c(-c4nc(-c5cc6ccccc6cc5O)cc5ccccc45)cccc32)c1. The number of aromatic nitrogens is 3. The van der Waals surface area contributed by atoms with Crippen molar-refractivity contribution in [3.05, 3.63) is 145 Å². The third-order valence-electron chi connectivity index (χ3n) is 9.41. The molecule has 0 atom stereocenters. The van der Waals surface area contributed by atoms with E-state index in [0.717, 1.165) is 66.6 Å². The molecule has 6 aromatic carbocycles. The molecule has 4 nitrogen and oxygen atoms in total. The maximum absolute atomic E-state index is 11.2. The lowest BCUT2D eigenvalue weighted by Gasteiger charge is -2.17. The van der Waals surface area contributed by atoms with Crippen LogP contribution >= 0.6 is 0 Å². The van der Waals surface area contributed by atoms with E-state index in [1.165, 1.54) is 11.1 Å². The molecule has 0 radical (unpaired) electrons. The van der Waals surface area contributed by atoms with E-state index in [9.17, 15) is 5.11 Å². The summed E-state index contributed by atoms with van der Waals surface area (Å²) in [5.41, 5.74) is 9.89. The molecule has 0 bridgehead atoms. The van der Waals surface area contributed by atoms with Gasteiger partial charge in [-0.1, -0.05) is 125 Å². The standard InChI is InChI=1S/C44H37N3O/c1-27(2)33-21-34(28(3)4)23-35(22-33)47-40-20-12-19-37(43(40)46-44(47)29-13-6-5-7-14-29)42-36-18-11-10-17-32(36)25-39(45-42)38-24-30-15-8-9-16-31(30)26-41(38)48/h5-28,48H,1-4H3. The molecule has 0 saturated heterocycles. The Morgan fingerprint density at radius 3 is 1.92 bits per heavy atom. The lowest BCUT2D eigenvalue weighted by molar-refractivity contribution is 0.478. The lowest BCUT2D eigenvalue weighted by atomic mass is 9.94. The number of phenols is 1. The summed E-state index contributed by atoms with van der Waals surface area (Å²) >= 11 is 0. The van der Waals surface area contributed by atoms with Crippen LogP contribution in [0.4, 0.5) is 0 Å². The van der Waals surface area contributed by atoms with E-state index in [4.69, 9.17) is 9.97 Å². The number of nitrogens with zero attached hydrogens (tertiary/aromatic N) is 3. The summed E-state index contributed by atoms with van der Waals surface area (Å²) in [5.74, 6) is 1.87. The second-order valence-electron chi connectivity index (χ2n) is 13.3. The number of pyridine rings is 1. The highest BCUT2D eigenvalue weighted by Crippen LogP contribution is 2.40. The normalized spacial score (nSPS) is 11.8. The van der Waals surface area contributed by atoms with E-state index >= 15 is 0 Å². The maximum atomic E-state index is 11.2. The average molecular weight is 624 g/mol. The maximum Gasteiger partial charge on any atom is 0.145 e. The Morgan fingerprint density at radius 2 is 1.21 bits per heavy atom. The first kappa shape index (κ1) is 29.6. The molecule has 0 aliphatic heterocycles. The van der Waals surface area contributed by atoms with E-state index < -0.39 is 0 Å². The van der Waals surface area contributed by atoms with Crippen LogP contribution in [0.25, 0.3) is 72.2 Å². The lowest BCUT2D eigenvalue weighted by Crippen LogP contribution is -2.02. The number of hydrogen-bond acceptors (Lipinski definition) is 3. The third-order valence-corrected chi connectivity index (χ3v) is 9.41. The van der Waals surface area contributed by atoms with Crippen molar-refractivity contribution in [3.8, 4) is 45.3 Å². The van der Waals surface area contributed by atoms with E-state index in [0.29, 0.717) is 17.4 Å². The predicted octanol–water partition coefficient (Wildman–Crippen LogP) is 11.7. The Bertz CT molecular complexity index is 2450. The highest BCUT2D eigenvalue weighted by Gasteiger charge is 2.21. The van der Waals surface area contributed by atoms with Crippen LogP contribution in [0.5, 0.6) is 5.75 Å². The van der Waals surface area contributed by atoms with E-state index in [2.05, 4.69) is 123 Å². The van der Waals surface area contributed by atoms with Gasteiger partial charge in [-0.15, -0.1) is 0 Å². The monoisotopic (exact) mass is 623 g/mol. The van der Waals surface area contributed by atoms with Crippen LogP contribution in [0.15, 0.2) is 133 Å². The largest absolute Gasteiger partial charge is 0.507 e. The van der Waals surface area contributed by atoms with Gasteiger partial charge in [0.1, 0.15) is 11.6 Å². The quantitative estimate of drug-likeness (QED) is 0.200. The Morgan fingerprint density at radius 1 is 0.562 bits per heavy atom. The zero-order chi connectivity index (χ0) is 32.9. The van der Waals surface area contributed by atoms with E-state index in [-0.39, 0.29) is 5.75 Å². The molecule has 0 amide bonds.